The van der Waals surface area contributed by atoms with Gasteiger partial charge in [0.15, 0.2) is 0 Å². The van der Waals surface area contributed by atoms with Gasteiger partial charge in [0.25, 0.3) is 0 Å². The van der Waals surface area contributed by atoms with Crippen LogP contribution in [0.1, 0.15) is 40.0 Å². The van der Waals surface area contributed by atoms with Crippen LogP contribution in [0, 0.1) is 5.92 Å². The van der Waals surface area contributed by atoms with Crippen LogP contribution in [0.3, 0.4) is 0 Å². The molecule has 0 bridgehead atoms. The summed E-state index contributed by atoms with van der Waals surface area (Å²) >= 11 is 0. The van der Waals surface area contributed by atoms with Crippen molar-refractivity contribution in [2.45, 2.75) is 46.1 Å². The van der Waals surface area contributed by atoms with Crippen LogP contribution < -0.4 is 0 Å². The zero-order chi connectivity index (χ0) is 12.8. The van der Waals surface area contributed by atoms with E-state index >= 15 is 0 Å². The van der Waals surface area contributed by atoms with Crippen LogP contribution in [0.2, 0.25) is 0 Å². The predicted octanol–water partition coefficient (Wildman–Crippen LogP) is 2.62. The molecule has 0 saturated carbocycles. The summed E-state index contributed by atoms with van der Waals surface area (Å²) in [4.78, 5) is 13.9. The quantitative estimate of drug-likeness (QED) is 0.558. The Kier molecular flexibility index (Phi) is 5.69. The third kappa shape index (κ3) is 4.15. The Morgan fingerprint density at radius 2 is 2.12 bits per heavy atom. The van der Waals surface area contributed by atoms with Gasteiger partial charge >= 0.3 is 5.97 Å². The SMILES string of the molecule is CCC(=CCN1CC(C)CCC1C)C(=O)OC. The molecular weight excluding hydrogens is 214 g/mol. The van der Waals surface area contributed by atoms with Crippen molar-refractivity contribution in [2.24, 2.45) is 5.92 Å². The highest BCUT2D eigenvalue weighted by molar-refractivity contribution is 5.88. The summed E-state index contributed by atoms with van der Waals surface area (Å²) in [5.74, 6) is 0.577. The number of hydrogen-bond acceptors (Lipinski definition) is 3. The molecule has 3 nitrogen and oxygen atoms in total. The van der Waals surface area contributed by atoms with Crippen molar-refractivity contribution < 1.29 is 9.53 Å². The van der Waals surface area contributed by atoms with E-state index in [0.717, 1.165) is 31.0 Å². The van der Waals surface area contributed by atoms with Crippen molar-refractivity contribution in [3.63, 3.8) is 0 Å². The Hall–Kier alpha value is -0.830. The predicted molar refractivity (Wildman–Crippen MR) is 69.8 cm³/mol. The standard InChI is InChI=1S/C14H25NO2/c1-5-13(14(16)17-4)8-9-15-10-11(2)6-7-12(15)3/h8,11-12H,5-7,9-10H2,1-4H3. The van der Waals surface area contributed by atoms with Crippen LogP contribution in [-0.4, -0.2) is 37.1 Å². The lowest BCUT2D eigenvalue weighted by Crippen LogP contribution is -2.41. The Morgan fingerprint density at radius 3 is 2.71 bits per heavy atom. The van der Waals surface area contributed by atoms with E-state index in [1.54, 1.807) is 0 Å². The van der Waals surface area contributed by atoms with E-state index in [1.807, 2.05) is 13.0 Å². The molecule has 1 fully saturated rings. The van der Waals surface area contributed by atoms with Gasteiger partial charge in [-0.3, -0.25) is 4.90 Å². The molecule has 3 heteroatoms. The Balaban J connectivity index is 2.57. The van der Waals surface area contributed by atoms with Crippen molar-refractivity contribution in [3.05, 3.63) is 11.6 Å². The summed E-state index contributed by atoms with van der Waals surface area (Å²) in [6.07, 6.45) is 5.35. The molecule has 17 heavy (non-hydrogen) atoms. The van der Waals surface area contributed by atoms with Gasteiger partial charge in [-0.2, -0.15) is 0 Å². The largest absolute Gasteiger partial charge is 0.466 e. The molecule has 0 radical (unpaired) electrons. The number of rotatable bonds is 4. The van der Waals surface area contributed by atoms with Gasteiger partial charge in [-0.1, -0.05) is 19.9 Å². The fourth-order valence-corrected chi connectivity index (χ4v) is 2.36. The number of carbonyl (C=O) groups excluding carboxylic acids is 1. The Morgan fingerprint density at radius 1 is 1.41 bits per heavy atom. The van der Waals surface area contributed by atoms with E-state index in [-0.39, 0.29) is 5.97 Å². The summed E-state index contributed by atoms with van der Waals surface area (Å²) in [5, 5.41) is 0. The number of nitrogens with zero attached hydrogens (tertiary/aromatic N) is 1. The van der Waals surface area contributed by atoms with E-state index in [4.69, 9.17) is 4.74 Å². The van der Waals surface area contributed by atoms with E-state index in [2.05, 4.69) is 18.7 Å². The van der Waals surface area contributed by atoms with Crippen molar-refractivity contribution in [2.75, 3.05) is 20.2 Å². The number of likely N-dealkylation sites (tertiary alicyclic amines) is 1. The van der Waals surface area contributed by atoms with Crippen molar-refractivity contribution in [1.82, 2.24) is 4.90 Å². The summed E-state index contributed by atoms with van der Waals surface area (Å²) in [6.45, 7) is 8.55. The average molecular weight is 239 g/mol. The molecule has 0 aromatic carbocycles. The number of carbonyl (C=O) groups is 1. The van der Waals surface area contributed by atoms with Gasteiger partial charge in [0.05, 0.1) is 7.11 Å². The van der Waals surface area contributed by atoms with Gasteiger partial charge < -0.3 is 4.74 Å². The first kappa shape index (κ1) is 14.2. The van der Waals surface area contributed by atoms with Gasteiger partial charge in [0.1, 0.15) is 0 Å². The summed E-state index contributed by atoms with van der Waals surface area (Å²) in [7, 11) is 1.44. The highest BCUT2D eigenvalue weighted by Crippen LogP contribution is 2.21. The number of hydrogen-bond donors (Lipinski definition) is 0. The van der Waals surface area contributed by atoms with Crippen LogP contribution in [-0.2, 0) is 9.53 Å². The molecule has 2 atom stereocenters. The zero-order valence-corrected chi connectivity index (χ0v) is 11.5. The molecule has 1 saturated heterocycles. The molecular formula is C14H25NO2. The first-order valence-corrected chi connectivity index (χ1v) is 6.59. The Bertz CT molecular complexity index is 286. The van der Waals surface area contributed by atoms with Crippen LogP contribution in [0.15, 0.2) is 11.6 Å². The second-order valence-electron chi connectivity index (χ2n) is 5.06. The second kappa shape index (κ2) is 6.80. The third-order valence-corrected chi connectivity index (χ3v) is 3.65. The summed E-state index contributed by atoms with van der Waals surface area (Å²) in [6, 6.07) is 0.623. The molecule has 0 amide bonds. The molecule has 1 aliphatic heterocycles. The number of esters is 1. The normalized spacial score (nSPS) is 26.9. The lowest BCUT2D eigenvalue weighted by molar-refractivity contribution is -0.136. The second-order valence-corrected chi connectivity index (χ2v) is 5.06. The Labute approximate surface area is 105 Å². The molecule has 1 aliphatic rings. The maximum Gasteiger partial charge on any atom is 0.333 e. The molecule has 1 rings (SSSR count). The first-order chi connectivity index (χ1) is 8.08. The highest BCUT2D eigenvalue weighted by atomic mass is 16.5. The van der Waals surface area contributed by atoms with E-state index in [9.17, 15) is 4.79 Å². The third-order valence-electron chi connectivity index (χ3n) is 3.65. The van der Waals surface area contributed by atoms with Gasteiger partial charge in [-0.15, -0.1) is 0 Å². The minimum Gasteiger partial charge on any atom is -0.466 e. The van der Waals surface area contributed by atoms with Gasteiger partial charge in [-0.05, 0) is 32.1 Å². The maximum absolute atomic E-state index is 11.5. The smallest absolute Gasteiger partial charge is 0.333 e. The van der Waals surface area contributed by atoms with Crippen LogP contribution in [0.5, 0.6) is 0 Å². The van der Waals surface area contributed by atoms with E-state index in [1.165, 1.54) is 20.0 Å². The van der Waals surface area contributed by atoms with Gasteiger partial charge in [0.2, 0.25) is 0 Å². The van der Waals surface area contributed by atoms with Crippen LogP contribution in [0.25, 0.3) is 0 Å². The molecule has 98 valence electrons. The number of ether oxygens (including phenoxy) is 1. The monoisotopic (exact) mass is 239 g/mol. The number of piperidine rings is 1. The fourth-order valence-electron chi connectivity index (χ4n) is 2.36. The van der Waals surface area contributed by atoms with Crippen LogP contribution >= 0.6 is 0 Å². The molecule has 0 aromatic rings. The minimum atomic E-state index is -0.190. The highest BCUT2D eigenvalue weighted by Gasteiger charge is 2.22. The number of methoxy groups -OCH3 is 1. The zero-order valence-electron chi connectivity index (χ0n) is 11.5. The average Bonchev–Trinajstić information content (AvgIpc) is 2.33. The lowest BCUT2D eigenvalue weighted by Gasteiger charge is -2.36. The molecule has 1 heterocycles. The van der Waals surface area contributed by atoms with Crippen molar-refractivity contribution >= 4 is 5.97 Å². The topological polar surface area (TPSA) is 29.5 Å². The molecule has 0 N–H and O–H groups in total. The molecule has 0 spiro atoms. The minimum absolute atomic E-state index is 0.190. The molecule has 0 aromatic heterocycles. The molecule has 0 aliphatic carbocycles. The summed E-state index contributed by atoms with van der Waals surface area (Å²) in [5.41, 5.74) is 0.790. The van der Waals surface area contributed by atoms with Crippen LogP contribution in [0.4, 0.5) is 0 Å². The maximum atomic E-state index is 11.5. The fraction of sp³-hybridized carbons (Fsp3) is 0.786. The van der Waals surface area contributed by atoms with Gasteiger partial charge in [0, 0.05) is 24.7 Å². The first-order valence-electron chi connectivity index (χ1n) is 6.59. The summed E-state index contributed by atoms with van der Waals surface area (Å²) < 4.78 is 4.77. The van der Waals surface area contributed by atoms with Crippen molar-refractivity contribution in [3.8, 4) is 0 Å². The van der Waals surface area contributed by atoms with Gasteiger partial charge in [-0.25, -0.2) is 4.79 Å². The van der Waals surface area contributed by atoms with E-state index < -0.39 is 0 Å². The van der Waals surface area contributed by atoms with Crippen molar-refractivity contribution in [1.29, 1.82) is 0 Å². The van der Waals surface area contributed by atoms with E-state index in [0.29, 0.717) is 6.04 Å². The molecule has 2 unspecified atom stereocenters. The lowest BCUT2D eigenvalue weighted by atomic mass is 9.95.